The van der Waals surface area contributed by atoms with Crippen LogP contribution in [0.2, 0.25) is 0 Å². The van der Waals surface area contributed by atoms with E-state index in [1.54, 1.807) is 0 Å². The molecule has 84 valence electrons. The van der Waals surface area contributed by atoms with Crippen molar-refractivity contribution in [2.45, 2.75) is 44.1 Å². The SMILES string of the molecule is COC(=O)/N=C1/CCOC2(CCCC2)C1. The van der Waals surface area contributed by atoms with Gasteiger partial charge in [-0.25, -0.2) is 4.79 Å². The molecule has 0 aromatic heterocycles. The van der Waals surface area contributed by atoms with Gasteiger partial charge in [0.2, 0.25) is 0 Å². The van der Waals surface area contributed by atoms with Gasteiger partial charge in [0.25, 0.3) is 0 Å². The Bertz CT molecular complexity index is 280. The average molecular weight is 211 g/mol. The molecule has 0 atom stereocenters. The van der Waals surface area contributed by atoms with Gasteiger partial charge in [-0.05, 0) is 12.8 Å². The third-order valence-corrected chi connectivity index (χ3v) is 3.26. The Hall–Kier alpha value is -0.900. The van der Waals surface area contributed by atoms with E-state index in [4.69, 9.17) is 4.74 Å². The summed E-state index contributed by atoms with van der Waals surface area (Å²) in [6.45, 7) is 0.690. The maximum absolute atomic E-state index is 11.0. The van der Waals surface area contributed by atoms with Gasteiger partial charge in [0.1, 0.15) is 0 Å². The molecule has 2 rings (SSSR count). The Morgan fingerprint density at radius 2 is 2.20 bits per heavy atom. The second-order valence-corrected chi connectivity index (χ2v) is 4.31. The summed E-state index contributed by atoms with van der Waals surface area (Å²) in [7, 11) is 1.36. The minimum atomic E-state index is -0.486. The number of rotatable bonds is 0. The number of carbonyl (C=O) groups excluding carboxylic acids is 1. The Labute approximate surface area is 89.7 Å². The molecule has 4 heteroatoms. The highest BCUT2D eigenvalue weighted by atomic mass is 16.5. The van der Waals surface area contributed by atoms with E-state index in [-0.39, 0.29) is 5.60 Å². The largest absolute Gasteiger partial charge is 0.451 e. The minimum absolute atomic E-state index is 0.00882. The van der Waals surface area contributed by atoms with Gasteiger partial charge in [-0.15, -0.1) is 0 Å². The summed E-state index contributed by atoms with van der Waals surface area (Å²) < 4.78 is 10.4. The first-order valence-corrected chi connectivity index (χ1v) is 5.52. The number of hydrogen-bond donors (Lipinski definition) is 0. The molecule has 1 aliphatic heterocycles. The van der Waals surface area contributed by atoms with Gasteiger partial charge < -0.3 is 9.47 Å². The highest BCUT2D eigenvalue weighted by molar-refractivity contribution is 5.94. The lowest BCUT2D eigenvalue weighted by Gasteiger charge is -2.34. The standard InChI is InChI=1S/C11H17NO3/c1-14-10(13)12-9-4-7-15-11(8-9)5-2-3-6-11/h2-8H2,1H3/b12-9-. The normalized spacial score (nSPS) is 27.1. The van der Waals surface area contributed by atoms with Crippen molar-refractivity contribution in [3.05, 3.63) is 0 Å². The van der Waals surface area contributed by atoms with Gasteiger partial charge in [0.05, 0.1) is 19.3 Å². The Balaban J connectivity index is 2.03. The van der Waals surface area contributed by atoms with Gasteiger partial charge in [0.15, 0.2) is 0 Å². The highest BCUT2D eigenvalue weighted by Crippen LogP contribution is 2.39. The predicted molar refractivity (Wildman–Crippen MR) is 56.2 cm³/mol. The molecule has 1 heterocycles. The van der Waals surface area contributed by atoms with E-state index in [0.717, 1.165) is 31.4 Å². The number of ether oxygens (including phenoxy) is 2. The fraction of sp³-hybridized carbons (Fsp3) is 0.818. The van der Waals surface area contributed by atoms with Crippen LogP contribution in [0.15, 0.2) is 4.99 Å². The maximum Gasteiger partial charge on any atom is 0.433 e. The summed E-state index contributed by atoms with van der Waals surface area (Å²) >= 11 is 0. The van der Waals surface area contributed by atoms with E-state index in [9.17, 15) is 4.79 Å². The molecule has 4 nitrogen and oxygen atoms in total. The Morgan fingerprint density at radius 3 is 2.87 bits per heavy atom. The molecule has 0 bridgehead atoms. The van der Waals surface area contributed by atoms with Gasteiger partial charge in [-0.3, -0.25) is 0 Å². The first-order valence-electron chi connectivity index (χ1n) is 5.52. The van der Waals surface area contributed by atoms with Gasteiger partial charge >= 0.3 is 6.09 Å². The van der Waals surface area contributed by atoms with Crippen LogP contribution in [0, 0.1) is 0 Å². The molecule has 0 unspecified atom stereocenters. The third kappa shape index (κ3) is 2.37. The molecule has 1 amide bonds. The third-order valence-electron chi connectivity index (χ3n) is 3.26. The molecular weight excluding hydrogens is 194 g/mol. The lowest BCUT2D eigenvalue weighted by molar-refractivity contribution is -0.0431. The van der Waals surface area contributed by atoms with Crippen LogP contribution in [-0.4, -0.2) is 31.1 Å². The molecule has 1 saturated carbocycles. The molecule has 0 N–H and O–H groups in total. The molecule has 15 heavy (non-hydrogen) atoms. The van der Waals surface area contributed by atoms with Crippen LogP contribution in [0.3, 0.4) is 0 Å². The lowest BCUT2D eigenvalue weighted by atomic mass is 9.91. The van der Waals surface area contributed by atoms with Crippen LogP contribution in [-0.2, 0) is 9.47 Å². The van der Waals surface area contributed by atoms with Crippen molar-refractivity contribution in [2.24, 2.45) is 4.99 Å². The monoisotopic (exact) mass is 211 g/mol. The Kier molecular flexibility index (Phi) is 3.05. The van der Waals surface area contributed by atoms with E-state index < -0.39 is 6.09 Å². The van der Waals surface area contributed by atoms with Crippen molar-refractivity contribution in [3.63, 3.8) is 0 Å². The number of carbonyl (C=O) groups is 1. The fourth-order valence-electron chi connectivity index (χ4n) is 2.51. The second kappa shape index (κ2) is 4.31. The maximum atomic E-state index is 11.0. The molecule has 1 saturated heterocycles. The van der Waals surface area contributed by atoms with Crippen LogP contribution < -0.4 is 0 Å². The van der Waals surface area contributed by atoms with Crippen LogP contribution in [0.1, 0.15) is 38.5 Å². The number of methoxy groups -OCH3 is 1. The first-order chi connectivity index (χ1) is 7.24. The molecule has 2 aliphatic rings. The van der Waals surface area contributed by atoms with Crippen molar-refractivity contribution >= 4 is 11.8 Å². The zero-order valence-electron chi connectivity index (χ0n) is 9.12. The van der Waals surface area contributed by atoms with Crippen molar-refractivity contribution in [1.29, 1.82) is 0 Å². The van der Waals surface area contributed by atoms with Crippen molar-refractivity contribution in [3.8, 4) is 0 Å². The van der Waals surface area contributed by atoms with E-state index in [2.05, 4.69) is 9.73 Å². The Morgan fingerprint density at radius 1 is 1.47 bits per heavy atom. The van der Waals surface area contributed by atoms with Crippen LogP contribution in [0.5, 0.6) is 0 Å². The highest BCUT2D eigenvalue weighted by Gasteiger charge is 2.38. The summed E-state index contributed by atoms with van der Waals surface area (Å²) in [5.74, 6) is 0. The summed E-state index contributed by atoms with van der Waals surface area (Å²) in [6.07, 6.45) is 5.75. The number of hydrogen-bond acceptors (Lipinski definition) is 3. The van der Waals surface area contributed by atoms with Crippen LogP contribution in [0.25, 0.3) is 0 Å². The second-order valence-electron chi connectivity index (χ2n) is 4.31. The lowest BCUT2D eigenvalue weighted by Crippen LogP contribution is -2.37. The number of amides is 1. The van der Waals surface area contributed by atoms with Crippen molar-refractivity contribution in [2.75, 3.05) is 13.7 Å². The predicted octanol–water partition coefficient (Wildman–Crippen LogP) is 2.32. The van der Waals surface area contributed by atoms with Crippen molar-refractivity contribution < 1.29 is 14.3 Å². The molecule has 1 spiro atoms. The van der Waals surface area contributed by atoms with Crippen molar-refractivity contribution in [1.82, 2.24) is 0 Å². The van der Waals surface area contributed by atoms with Crippen LogP contribution in [0.4, 0.5) is 4.79 Å². The molecule has 1 aliphatic carbocycles. The summed E-state index contributed by atoms with van der Waals surface area (Å²) in [4.78, 5) is 15.0. The summed E-state index contributed by atoms with van der Waals surface area (Å²) in [5, 5.41) is 0. The molecule has 0 aromatic carbocycles. The van der Waals surface area contributed by atoms with E-state index in [1.807, 2.05) is 0 Å². The molecule has 2 fully saturated rings. The van der Waals surface area contributed by atoms with E-state index in [1.165, 1.54) is 20.0 Å². The fourth-order valence-corrected chi connectivity index (χ4v) is 2.51. The van der Waals surface area contributed by atoms with Crippen LogP contribution >= 0.6 is 0 Å². The number of nitrogens with zero attached hydrogens (tertiary/aromatic N) is 1. The zero-order valence-corrected chi connectivity index (χ0v) is 9.12. The summed E-state index contributed by atoms with van der Waals surface area (Å²) in [6, 6.07) is 0. The topological polar surface area (TPSA) is 47.9 Å². The quantitative estimate of drug-likeness (QED) is 0.617. The van der Waals surface area contributed by atoms with Gasteiger partial charge in [0, 0.05) is 18.6 Å². The molecular formula is C11H17NO3. The average Bonchev–Trinajstić information content (AvgIpc) is 2.66. The van der Waals surface area contributed by atoms with E-state index >= 15 is 0 Å². The van der Waals surface area contributed by atoms with E-state index in [0.29, 0.717) is 6.61 Å². The minimum Gasteiger partial charge on any atom is -0.451 e. The zero-order chi connectivity index (χ0) is 10.7. The van der Waals surface area contributed by atoms with Gasteiger partial charge in [-0.1, -0.05) is 12.8 Å². The van der Waals surface area contributed by atoms with Gasteiger partial charge in [-0.2, -0.15) is 4.99 Å². The molecule has 0 radical (unpaired) electrons. The smallest absolute Gasteiger partial charge is 0.433 e. The summed E-state index contributed by atoms with van der Waals surface area (Å²) in [5.41, 5.74) is 0.931. The molecule has 0 aromatic rings. The number of aliphatic imine (C=N–C) groups is 1. The first kappa shape index (κ1) is 10.6.